The van der Waals surface area contributed by atoms with Gasteiger partial charge in [-0.05, 0) is 55.1 Å². The van der Waals surface area contributed by atoms with E-state index in [2.05, 4.69) is 4.98 Å². The third-order valence-electron chi connectivity index (χ3n) is 3.49. The van der Waals surface area contributed by atoms with Gasteiger partial charge in [-0.1, -0.05) is 23.5 Å². The van der Waals surface area contributed by atoms with Crippen LogP contribution in [0.15, 0.2) is 48.5 Å². The fourth-order valence-electron chi connectivity index (χ4n) is 2.38. The molecular formula is C18H15F3N2O2S2. The maximum atomic E-state index is 12.6. The normalized spacial score (nSPS) is 11.6. The number of halogens is 3. The molecule has 0 spiro atoms. The first-order valence-electron chi connectivity index (χ1n) is 7.99. The van der Waals surface area contributed by atoms with Gasteiger partial charge in [-0.15, -0.1) is 0 Å². The average molecular weight is 412 g/mol. The number of rotatable bonds is 6. The van der Waals surface area contributed by atoms with Crippen molar-refractivity contribution in [1.29, 1.82) is 0 Å². The minimum Gasteiger partial charge on any atom is -0.494 e. The summed E-state index contributed by atoms with van der Waals surface area (Å²) in [5.74, 6) is -0.810. The number of alkyl halides is 3. The lowest BCUT2D eigenvalue weighted by atomic mass is 10.3. The summed E-state index contributed by atoms with van der Waals surface area (Å²) in [6, 6.07) is 13.9. The van der Waals surface area contributed by atoms with Crippen LogP contribution in [0.1, 0.15) is 6.92 Å². The predicted octanol–water partition coefficient (Wildman–Crippen LogP) is 5.61. The van der Waals surface area contributed by atoms with Gasteiger partial charge in [0.25, 0.3) is 0 Å². The molecule has 3 rings (SSSR count). The predicted molar refractivity (Wildman–Crippen MR) is 103 cm³/mol. The van der Waals surface area contributed by atoms with Crippen LogP contribution in [0.2, 0.25) is 0 Å². The first-order chi connectivity index (χ1) is 12.9. The van der Waals surface area contributed by atoms with E-state index in [1.165, 1.54) is 16.2 Å². The van der Waals surface area contributed by atoms with E-state index in [0.717, 1.165) is 4.70 Å². The number of amides is 1. The van der Waals surface area contributed by atoms with Crippen LogP contribution in [-0.4, -0.2) is 28.8 Å². The van der Waals surface area contributed by atoms with E-state index in [1.807, 2.05) is 25.1 Å². The summed E-state index contributed by atoms with van der Waals surface area (Å²) < 4.78 is 43.9. The molecule has 0 N–H and O–H groups in total. The number of hydrogen-bond donors (Lipinski definition) is 0. The van der Waals surface area contributed by atoms with Crippen molar-refractivity contribution < 1.29 is 22.7 Å². The highest BCUT2D eigenvalue weighted by Gasteiger charge is 2.32. The number of hydrogen-bond acceptors (Lipinski definition) is 5. The van der Waals surface area contributed by atoms with Crippen LogP contribution >= 0.6 is 23.1 Å². The molecule has 142 valence electrons. The standard InChI is InChI=1S/C18H15F3N2O2S2/c1-2-25-13-9-7-12(8-10-13)23(16(24)11-26-18(19,20)21)17-22-14-5-3-4-6-15(14)27-17/h3-10H,2,11H2,1H3. The molecule has 0 unspecified atom stereocenters. The summed E-state index contributed by atoms with van der Waals surface area (Å²) in [4.78, 5) is 18.3. The molecule has 3 aromatic rings. The van der Waals surface area contributed by atoms with Crippen LogP contribution in [0.4, 0.5) is 24.0 Å². The molecule has 0 fully saturated rings. The molecule has 9 heteroatoms. The second-order valence-electron chi connectivity index (χ2n) is 5.35. The van der Waals surface area contributed by atoms with E-state index < -0.39 is 17.2 Å². The number of thiazole rings is 1. The molecule has 0 radical (unpaired) electrons. The Hall–Kier alpha value is -2.26. The molecule has 0 bridgehead atoms. The van der Waals surface area contributed by atoms with E-state index in [-0.39, 0.29) is 11.8 Å². The number of carbonyl (C=O) groups is 1. The molecule has 4 nitrogen and oxygen atoms in total. The fourth-order valence-corrected chi connectivity index (χ4v) is 3.80. The van der Waals surface area contributed by atoms with Gasteiger partial charge in [0.15, 0.2) is 5.13 Å². The quantitative estimate of drug-likeness (QED) is 0.528. The average Bonchev–Trinajstić information content (AvgIpc) is 3.05. The fraction of sp³-hybridized carbons (Fsp3) is 0.222. The Balaban J connectivity index is 1.96. The van der Waals surface area contributed by atoms with Gasteiger partial charge in [0.2, 0.25) is 5.91 Å². The van der Waals surface area contributed by atoms with Crippen molar-refractivity contribution in [2.75, 3.05) is 17.3 Å². The molecule has 0 saturated carbocycles. The minimum atomic E-state index is -4.48. The molecule has 2 aromatic carbocycles. The van der Waals surface area contributed by atoms with Gasteiger partial charge in [0.05, 0.1) is 28.3 Å². The van der Waals surface area contributed by atoms with Crippen LogP contribution in [0.3, 0.4) is 0 Å². The van der Waals surface area contributed by atoms with Crippen LogP contribution in [0.25, 0.3) is 10.2 Å². The van der Waals surface area contributed by atoms with Crippen molar-refractivity contribution in [3.05, 3.63) is 48.5 Å². The van der Waals surface area contributed by atoms with Crippen molar-refractivity contribution in [3.8, 4) is 5.75 Å². The number of ether oxygens (including phenoxy) is 1. The van der Waals surface area contributed by atoms with E-state index in [9.17, 15) is 18.0 Å². The van der Waals surface area contributed by atoms with Crippen molar-refractivity contribution in [2.24, 2.45) is 0 Å². The molecule has 27 heavy (non-hydrogen) atoms. The SMILES string of the molecule is CCOc1ccc(N(C(=O)CSC(F)(F)F)c2nc3ccccc3s2)cc1. The number of carbonyl (C=O) groups excluding carboxylic acids is 1. The Bertz CT molecular complexity index is 893. The zero-order valence-corrected chi connectivity index (χ0v) is 15.8. The number of para-hydroxylation sites is 1. The highest BCUT2D eigenvalue weighted by molar-refractivity contribution is 8.00. The highest BCUT2D eigenvalue weighted by atomic mass is 32.2. The monoisotopic (exact) mass is 412 g/mol. The van der Waals surface area contributed by atoms with Gasteiger partial charge < -0.3 is 4.74 Å². The molecular weight excluding hydrogens is 397 g/mol. The Morgan fingerprint density at radius 3 is 2.52 bits per heavy atom. The lowest BCUT2D eigenvalue weighted by Gasteiger charge is -2.20. The summed E-state index contributed by atoms with van der Waals surface area (Å²) in [6.07, 6.45) is 0. The van der Waals surface area contributed by atoms with E-state index in [4.69, 9.17) is 4.74 Å². The molecule has 1 amide bonds. The zero-order valence-electron chi connectivity index (χ0n) is 14.2. The van der Waals surface area contributed by atoms with Gasteiger partial charge in [0.1, 0.15) is 5.75 Å². The second-order valence-corrected chi connectivity index (χ2v) is 7.40. The van der Waals surface area contributed by atoms with Gasteiger partial charge in [-0.25, -0.2) is 4.98 Å². The maximum absolute atomic E-state index is 12.6. The Labute approximate surface area is 162 Å². The van der Waals surface area contributed by atoms with Crippen LogP contribution in [0, 0.1) is 0 Å². The Kier molecular flexibility index (Phi) is 5.91. The minimum absolute atomic E-state index is 0.327. The van der Waals surface area contributed by atoms with Crippen molar-refractivity contribution in [3.63, 3.8) is 0 Å². The van der Waals surface area contributed by atoms with Crippen molar-refractivity contribution in [1.82, 2.24) is 4.98 Å². The number of benzene rings is 2. The van der Waals surface area contributed by atoms with Crippen LogP contribution < -0.4 is 9.64 Å². The van der Waals surface area contributed by atoms with Crippen molar-refractivity contribution >= 4 is 50.0 Å². The maximum Gasteiger partial charge on any atom is 0.442 e. The summed E-state index contributed by atoms with van der Waals surface area (Å²) in [5.41, 5.74) is -3.36. The van der Waals surface area contributed by atoms with Gasteiger partial charge in [-0.2, -0.15) is 13.2 Å². The smallest absolute Gasteiger partial charge is 0.442 e. The second kappa shape index (κ2) is 8.18. The number of anilines is 2. The summed E-state index contributed by atoms with van der Waals surface area (Å²) >= 11 is 0.887. The van der Waals surface area contributed by atoms with Crippen molar-refractivity contribution in [2.45, 2.75) is 12.4 Å². The van der Waals surface area contributed by atoms with Gasteiger partial charge in [0, 0.05) is 0 Å². The number of nitrogens with zero attached hydrogens (tertiary/aromatic N) is 2. The first kappa shape index (κ1) is 19.5. The van der Waals surface area contributed by atoms with Crippen LogP contribution in [0.5, 0.6) is 5.75 Å². The zero-order chi connectivity index (χ0) is 19.4. The number of aromatic nitrogens is 1. The Morgan fingerprint density at radius 2 is 1.89 bits per heavy atom. The summed E-state index contributed by atoms with van der Waals surface area (Å²) in [5, 5.41) is 0.327. The van der Waals surface area contributed by atoms with E-state index in [0.29, 0.717) is 28.7 Å². The summed E-state index contributed by atoms with van der Waals surface area (Å²) in [7, 11) is 0. The Morgan fingerprint density at radius 1 is 1.19 bits per heavy atom. The molecule has 0 saturated heterocycles. The van der Waals surface area contributed by atoms with Gasteiger partial charge >= 0.3 is 5.51 Å². The van der Waals surface area contributed by atoms with E-state index >= 15 is 0 Å². The third-order valence-corrected chi connectivity index (χ3v) is 5.23. The molecule has 1 aromatic heterocycles. The summed E-state index contributed by atoms with van der Waals surface area (Å²) in [6.45, 7) is 2.33. The highest BCUT2D eigenvalue weighted by Crippen LogP contribution is 2.36. The number of fused-ring (bicyclic) bond motifs is 1. The van der Waals surface area contributed by atoms with E-state index in [1.54, 1.807) is 30.3 Å². The van der Waals surface area contributed by atoms with Crippen LogP contribution in [-0.2, 0) is 4.79 Å². The lowest BCUT2D eigenvalue weighted by Crippen LogP contribution is -2.28. The molecule has 0 aliphatic rings. The molecule has 1 heterocycles. The van der Waals surface area contributed by atoms with Gasteiger partial charge in [-0.3, -0.25) is 9.69 Å². The number of thioether (sulfide) groups is 1. The molecule has 0 atom stereocenters. The topological polar surface area (TPSA) is 42.4 Å². The molecule has 0 aliphatic heterocycles. The largest absolute Gasteiger partial charge is 0.494 e. The molecule has 0 aliphatic carbocycles. The lowest BCUT2D eigenvalue weighted by molar-refractivity contribution is -0.115. The third kappa shape index (κ3) is 4.92. The first-order valence-corrected chi connectivity index (χ1v) is 9.79.